The Morgan fingerprint density at radius 2 is 2.17 bits per heavy atom. The summed E-state index contributed by atoms with van der Waals surface area (Å²) in [5, 5.41) is 0. The molecule has 0 radical (unpaired) electrons. The second-order valence-corrected chi connectivity index (χ2v) is 3.24. The summed E-state index contributed by atoms with van der Waals surface area (Å²) < 4.78 is 5.19. The zero-order valence-electron chi connectivity index (χ0n) is 8.00. The van der Waals surface area contributed by atoms with Crippen molar-refractivity contribution in [2.24, 2.45) is 0 Å². The van der Waals surface area contributed by atoms with Gasteiger partial charge in [0.25, 0.3) is 0 Å². The van der Waals surface area contributed by atoms with E-state index in [9.17, 15) is 0 Å². The van der Waals surface area contributed by atoms with Crippen molar-refractivity contribution in [3.05, 3.63) is 35.4 Å². The minimum atomic E-state index is 0.312. The van der Waals surface area contributed by atoms with E-state index in [4.69, 9.17) is 4.74 Å². The summed E-state index contributed by atoms with van der Waals surface area (Å²) in [6, 6.07) is 8.55. The van der Waals surface area contributed by atoms with Crippen LogP contribution in [0.25, 0.3) is 0 Å². The Hall–Kier alpha value is -0.820. The quantitative estimate of drug-likeness (QED) is 0.667. The van der Waals surface area contributed by atoms with E-state index in [0.717, 1.165) is 6.42 Å². The summed E-state index contributed by atoms with van der Waals surface area (Å²) in [6.45, 7) is 4.20. The van der Waals surface area contributed by atoms with Gasteiger partial charge < -0.3 is 4.74 Å². The van der Waals surface area contributed by atoms with Gasteiger partial charge in [-0.05, 0) is 25.8 Å². The first-order valence-corrected chi connectivity index (χ1v) is 4.30. The second-order valence-electron chi connectivity index (χ2n) is 3.24. The molecule has 12 heavy (non-hydrogen) atoms. The Morgan fingerprint density at radius 1 is 1.42 bits per heavy atom. The Balaban J connectivity index is 2.63. The summed E-state index contributed by atoms with van der Waals surface area (Å²) in [5.74, 6) is 0. The summed E-state index contributed by atoms with van der Waals surface area (Å²) in [6.07, 6.45) is 1.31. The average molecular weight is 164 g/mol. The summed E-state index contributed by atoms with van der Waals surface area (Å²) in [5.41, 5.74) is 2.67. The lowest BCUT2D eigenvalue weighted by Gasteiger charge is -2.09. The first-order valence-electron chi connectivity index (χ1n) is 4.30. The number of ether oxygens (including phenoxy) is 1. The van der Waals surface area contributed by atoms with E-state index in [1.807, 2.05) is 0 Å². The topological polar surface area (TPSA) is 9.23 Å². The van der Waals surface area contributed by atoms with E-state index in [1.54, 1.807) is 7.11 Å². The Bertz CT molecular complexity index is 243. The molecule has 0 aliphatic heterocycles. The van der Waals surface area contributed by atoms with Crippen molar-refractivity contribution in [3.8, 4) is 0 Å². The molecule has 0 aromatic heterocycles. The third kappa shape index (κ3) is 2.67. The van der Waals surface area contributed by atoms with Crippen LogP contribution in [-0.2, 0) is 11.2 Å². The predicted molar refractivity (Wildman–Crippen MR) is 51.4 cm³/mol. The second kappa shape index (κ2) is 4.27. The number of benzene rings is 1. The summed E-state index contributed by atoms with van der Waals surface area (Å²) in [7, 11) is 1.75. The highest BCUT2D eigenvalue weighted by atomic mass is 16.5. The maximum Gasteiger partial charge on any atom is 0.0583 e. The molecule has 1 unspecified atom stereocenters. The molecule has 0 amide bonds. The van der Waals surface area contributed by atoms with E-state index in [2.05, 4.69) is 38.1 Å². The number of hydrogen-bond acceptors (Lipinski definition) is 1. The minimum Gasteiger partial charge on any atom is -0.381 e. The van der Waals surface area contributed by atoms with Gasteiger partial charge in [-0.1, -0.05) is 29.8 Å². The zero-order valence-corrected chi connectivity index (χ0v) is 8.00. The van der Waals surface area contributed by atoms with E-state index in [-0.39, 0.29) is 0 Å². The molecule has 1 heteroatoms. The molecule has 1 rings (SSSR count). The van der Waals surface area contributed by atoms with Crippen LogP contribution in [-0.4, -0.2) is 13.2 Å². The van der Waals surface area contributed by atoms with E-state index >= 15 is 0 Å². The van der Waals surface area contributed by atoms with E-state index in [0.29, 0.717) is 6.10 Å². The Kier molecular flexibility index (Phi) is 3.30. The van der Waals surface area contributed by atoms with E-state index < -0.39 is 0 Å². The molecular formula is C11H16O. The maximum absolute atomic E-state index is 5.19. The zero-order chi connectivity index (χ0) is 8.97. The average Bonchev–Trinajstić information content (AvgIpc) is 2.04. The highest BCUT2D eigenvalue weighted by molar-refractivity contribution is 5.22. The molecule has 1 nitrogen and oxygen atoms in total. The Labute approximate surface area is 74.4 Å². The van der Waals surface area contributed by atoms with Crippen LogP contribution < -0.4 is 0 Å². The van der Waals surface area contributed by atoms with Gasteiger partial charge in [0, 0.05) is 7.11 Å². The van der Waals surface area contributed by atoms with Crippen LogP contribution in [0.3, 0.4) is 0 Å². The largest absolute Gasteiger partial charge is 0.381 e. The van der Waals surface area contributed by atoms with Gasteiger partial charge in [-0.15, -0.1) is 0 Å². The third-order valence-electron chi connectivity index (χ3n) is 2.01. The fraction of sp³-hybridized carbons (Fsp3) is 0.455. The van der Waals surface area contributed by atoms with Crippen LogP contribution in [0.2, 0.25) is 0 Å². The number of hydrogen-bond donors (Lipinski definition) is 0. The first-order chi connectivity index (χ1) is 5.72. The summed E-state index contributed by atoms with van der Waals surface area (Å²) >= 11 is 0. The Morgan fingerprint density at radius 3 is 2.75 bits per heavy atom. The van der Waals surface area contributed by atoms with Gasteiger partial charge >= 0.3 is 0 Å². The maximum atomic E-state index is 5.19. The summed E-state index contributed by atoms with van der Waals surface area (Å²) in [4.78, 5) is 0. The van der Waals surface area contributed by atoms with Crippen molar-refractivity contribution in [1.29, 1.82) is 0 Å². The van der Waals surface area contributed by atoms with Crippen molar-refractivity contribution >= 4 is 0 Å². The van der Waals surface area contributed by atoms with Gasteiger partial charge in [0.2, 0.25) is 0 Å². The van der Waals surface area contributed by atoms with Gasteiger partial charge in [0.1, 0.15) is 0 Å². The van der Waals surface area contributed by atoms with Gasteiger partial charge in [0.05, 0.1) is 6.10 Å². The third-order valence-corrected chi connectivity index (χ3v) is 2.01. The van der Waals surface area contributed by atoms with Crippen LogP contribution >= 0.6 is 0 Å². The molecule has 66 valence electrons. The fourth-order valence-corrected chi connectivity index (χ4v) is 1.25. The smallest absolute Gasteiger partial charge is 0.0583 e. The van der Waals surface area contributed by atoms with Crippen LogP contribution in [0.1, 0.15) is 18.1 Å². The van der Waals surface area contributed by atoms with Crippen molar-refractivity contribution in [3.63, 3.8) is 0 Å². The van der Waals surface area contributed by atoms with E-state index in [1.165, 1.54) is 11.1 Å². The molecule has 1 aromatic rings. The van der Waals surface area contributed by atoms with Crippen molar-refractivity contribution in [1.82, 2.24) is 0 Å². The number of methoxy groups -OCH3 is 1. The van der Waals surface area contributed by atoms with Crippen molar-refractivity contribution in [2.75, 3.05) is 7.11 Å². The molecular weight excluding hydrogens is 148 g/mol. The van der Waals surface area contributed by atoms with Crippen LogP contribution in [0.4, 0.5) is 0 Å². The molecule has 1 aromatic carbocycles. The predicted octanol–water partition coefficient (Wildman–Crippen LogP) is 2.57. The molecule has 0 saturated carbocycles. The first kappa shape index (κ1) is 9.27. The molecule has 0 saturated heterocycles. The lowest BCUT2D eigenvalue weighted by molar-refractivity contribution is 0.119. The van der Waals surface area contributed by atoms with Crippen molar-refractivity contribution < 1.29 is 4.74 Å². The molecule has 0 fully saturated rings. The fourth-order valence-electron chi connectivity index (χ4n) is 1.25. The molecule has 0 bridgehead atoms. The molecule has 0 aliphatic rings. The normalized spacial score (nSPS) is 12.9. The van der Waals surface area contributed by atoms with Gasteiger partial charge in [-0.25, -0.2) is 0 Å². The highest BCUT2D eigenvalue weighted by Crippen LogP contribution is 2.07. The van der Waals surface area contributed by atoms with Gasteiger partial charge in [0.15, 0.2) is 0 Å². The SMILES string of the molecule is COC(C)Cc1cccc(C)c1. The van der Waals surface area contributed by atoms with Crippen LogP contribution in [0.5, 0.6) is 0 Å². The minimum absolute atomic E-state index is 0.312. The van der Waals surface area contributed by atoms with Crippen LogP contribution in [0.15, 0.2) is 24.3 Å². The molecule has 0 aliphatic carbocycles. The molecule has 1 atom stereocenters. The molecule has 0 N–H and O–H groups in total. The van der Waals surface area contributed by atoms with Crippen molar-refractivity contribution in [2.45, 2.75) is 26.4 Å². The van der Waals surface area contributed by atoms with Gasteiger partial charge in [-0.2, -0.15) is 0 Å². The number of rotatable bonds is 3. The lowest BCUT2D eigenvalue weighted by atomic mass is 10.1. The molecule has 0 spiro atoms. The van der Waals surface area contributed by atoms with Crippen LogP contribution in [0, 0.1) is 6.92 Å². The highest BCUT2D eigenvalue weighted by Gasteiger charge is 2.00. The standard InChI is InChI=1S/C11H16O/c1-9-5-4-6-11(7-9)8-10(2)12-3/h4-7,10H,8H2,1-3H3. The molecule has 0 heterocycles. The van der Waals surface area contributed by atoms with Gasteiger partial charge in [-0.3, -0.25) is 0 Å². The number of aryl methyl sites for hydroxylation is 1. The monoisotopic (exact) mass is 164 g/mol. The lowest BCUT2D eigenvalue weighted by Crippen LogP contribution is -2.08.